The molecule has 0 aliphatic rings. The number of rotatable bonds is 6. The Bertz CT molecular complexity index is 1500. The third kappa shape index (κ3) is 4.28. The fraction of sp³-hybridized carbons (Fsp3) is 0.0345. The van der Waals surface area contributed by atoms with Gasteiger partial charge < -0.3 is 4.74 Å². The fourth-order valence-electron chi connectivity index (χ4n) is 3.93. The second kappa shape index (κ2) is 9.46. The van der Waals surface area contributed by atoms with E-state index in [1.54, 1.807) is 48.7 Å². The van der Waals surface area contributed by atoms with Crippen molar-refractivity contribution in [2.24, 2.45) is 0 Å². The fourth-order valence-corrected chi connectivity index (χ4v) is 4.16. The molecule has 0 aliphatic carbocycles. The van der Waals surface area contributed by atoms with Gasteiger partial charge in [-0.3, -0.25) is 9.78 Å². The first-order valence-corrected chi connectivity index (χ1v) is 11.1. The number of aromatic nitrogens is 1. The predicted octanol–water partition coefficient (Wildman–Crippen LogP) is 7.50. The summed E-state index contributed by atoms with van der Waals surface area (Å²) in [7, 11) is 0. The number of hydrogen-bond donors (Lipinski definition) is 0. The number of para-hydroxylation sites is 1. The number of ketones is 1. The van der Waals surface area contributed by atoms with Crippen LogP contribution in [0.3, 0.4) is 0 Å². The molecule has 0 spiro atoms. The molecular weight excluding hydrogens is 449 g/mol. The van der Waals surface area contributed by atoms with Crippen molar-refractivity contribution in [1.29, 1.82) is 0 Å². The molecule has 0 amide bonds. The first-order chi connectivity index (χ1) is 16.6. The second-order valence-corrected chi connectivity index (χ2v) is 8.19. The third-order valence-electron chi connectivity index (χ3n) is 5.60. The lowest BCUT2D eigenvalue weighted by molar-refractivity contribution is 0.103. The van der Waals surface area contributed by atoms with Crippen molar-refractivity contribution in [2.45, 2.75) is 6.61 Å². The van der Waals surface area contributed by atoms with E-state index in [0.717, 1.165) is 16.5 Å². The second-order valence-electron chi connectivity index (χ2n) is 7.79. The van der Waals surface area contributed by atoms with Crippen molar-refractivity contribution >= 4 is 28.3 Å². The lowest BCUT2D eigenvalue weighted by atomic mass is 9.92. The first kappa shape index (κ1) is 21.8. The average molecular weight is 468 g/mol. The van der Waals surface area contributed by atoms with Crippen LogP contribution in [0.2, 0.25) is 5.02 Å². The summed E-state index contributed by atoms with van der Waals surface area (Å²) in [6.07, 6.45) is 1.58. The molecule has 3 nitrogen and oxygen atoms in total. The molecule has 0 unspecified atom stereocenters. The minimum absolute atomic E-state index is 0.0921. The minimum atomic E-state index is -0.316. The van der Waals surface area contributed by atoms with E-state index in [1.807, 2.05) is 48.5 Å². The van der Waals surface area contributed by atoms with Crippen LogP contribution in [0.4, 0.5) is 4.39 Å². The van der Waals surface area contributed by atoms with Gasteiger partial charge >= 0.3 is 0 Å². The van der Waals surface area contributed by atoms with Gasteiger partial charge in [-0.05, 0) is 29.8 Å². The van der Waals surface area contributed by atoms with E-state index in [-0.39, 0.29) is 18.2 Å². The van der Waals surface area contributed by atoms with Crippen LogP contribution in [-0.4, -0.2) is 10.8 Å². The Labute approximate surface area is 201 Å². The van der Waals surface area contributed by atoms with Crippen molar-refractivity contribution in [2.75, 3.05) is 0 Å². The average Bonchev–Trinajstić information content (AvgIpc) is 2.88. The van der Waals surface area contributed by atoms with Crippen molar-refractivity contribution in [3.63, 3.8) is 0 Å². The van der Waals surface area contributed by atoms with E-state index in [9.17, 15) is 9.18 Å². The maximum Gasteiger partial charge on any atom is 0.195 e. The molecule has 0 saturated heterocycles. The largest absolute Gasteiger partial charge is 0.489 e. The van der Waals surface area contributed by atoms with Gasteiger partial charge in [0, 0.05) is 33.8 Å². The molecular formula is C29H19ClFNO2. The SMILES string of the molecule is O=C(c1ccccc1)c1cnc2c(Cl)cccc2c1-c1cccc(OCc2ccccc2F)c1. The standard InChI is InChI=1S/C29H19ClFNO2/c30-25-14-7-13-23-27(24(17-32-28(23)25)29(33)19-8-2-1-3-9-19)20-11-6-12-22(16-20)34-18-21-10-4-5-15-26(21)31/h1-17H,18H2. The number of carbonyl (C=O) groups is 1. The molecule has 5 rings (SSSR count). The van der Waals surface area contributed by atoms with E-state index < -0.39 is 0 Å². The number of ether oxygens (including phenoxy) is 1. The van der Waals surface area contributed by atoms with Gasteiger partial charge in [-0.15, -0.1) is 0 Å². The van der Waals surface area contributed by atoms with E-state index in [1.165, 1.54) is 6.07 Å². The summed E-state index contributed by atoms with van der Waals surface area (Å²) in [4.78, 5) is 18.0. The molecule has 0 radical (unpaired) electrons. The Morgan fingerprint density at radius 2 is 1.65 bits per heavy atom. The van der Waals surface area contributed by atoms with Crippen LogP contribution in [0.15, 0.2) is 103 Å². The molecule has 0 fully saturated rings. The van der Waals surface area contributed by atoms with Gasteiger partial charge in [0.15, 0.2) is 5.78 Å². The van der Waals surface area contributed by atoms with E-state index >= 15 is 0 Å². The molecule has 0 atom stereocenters. The van der Waals surface area contributed by atoms with Gasteiger partial charge in [0.25, 0.3) is 0 Å². The van der Waals surface area contributed by atoms with Gasteiger partial charge in [-0.1, -0.05) is 84.4 Å². The van der Waals surface area contributed by atoms with Crippen LogP contribution in [0.1, 0.15) is 21.5 Å². The summed E-state index contributed by atoms with van der Waals surface area (Å²) in [5.74, 6) is 0.109. The van der Waals surface area contributed by atoms with Crippen molar-refractivity contribution in [3.8, 4) is 16.9 Å². The molecule has 0 bridgehead atoms. The summed E-state index contributed by atoms with van der Waals surface area (Å²) >= 11 is 6.42. The monoisotopic (exact) mass is 467 g/mol. The number of hydrogen-bond acceptors (Lipinski definition) is 3. The van der Waals surface area contributed by atoms with Gasteiger partial charge in [-0.25, -0.2) is 4.39 Å². The number of carbonyl (C=O) groups excluding carboxylic acids is 1. The van der Waals surface area contributed by atoms with Crippen LogP contribution in [0.5, 0.6) is 5.75 Å². The maximum atomic E-state index is 14.0. The number of pyridine rings is 1. The molecule has 4 aromatic carbocycles. The Morgan fingerprint density at radius 1 is 0.882 bits per heavy atom. The lowest BCUT2D eigenvalue weighted by Crippen LogP contribution is -2.05. The van der Waals surface area contributed by atoms with Crippen LogP contribution in [0.25, 0.3) is 22.0 Å². The Hall–Kier alpha value is -4.02. The number of fused-ring (bicyclic) bond motifs is 1. The highest BCUT2D eigenvalue weighted by Crippen LogP contribution is 2.36. The first-order valence-electron chi connectivity index (χ1n) is 10.8. The normalized spacial score (nSPS) is 10.9. The highest BCUT2D eigenvalue weighted by atomic mass is 35.5. The third-order valence-corrected chi connectivity index (χ3v) is 5.91. The molecule has 34 heavy (non-hydrogen) atoms. The maximum absolute atomic E-state index is 14.0. The van der Waals surface area contributed by atoms with Crippen LogP contribution in [-0.2, 0) is 6.61 Å². The Kier molecular flexibility index (Phi) is 6.07. The molecule has 1 aromatic heterocycles. The Morgan fingerprint density at radius 3 is 2.47 bits per heavy atom. The van der Waals surface area contributed by atoms with E-state index in [0.29, 0.717) is 33.0 Å². The molecule has 166 valence electrons. The van der Waals surface area contributed by atoms with Gasteiger partial charge in [0.2, 0.25) is 0 Å². The molecule has 0 saturated carbocycles. The van der Waals surface area contributed by atoms with Crippen molar-refractivity contribution in [3.05, 3.63) is 131 Å². The van der Waals surface area contributed by atoms with E-state index in [4.69, 9.17) is 16.3 Å². The van der Waals surface area contributed by atoms with Crippen LogP contribution in [0, 0.1) is 5.82 Å². The Balaban J connectivity index is 1.61. The number of halogens is 2. The predicted molar refractivity (Wildman–Crippen MR) is 133 cm³/mol. The van der Waals surface area contributed by atoms with Crippen LogP contribution < -0.4 is 4.74 Å². The summed E-state index contributed by atoms with van der Waals surface area (Å²) < 4.78 is 19.9. The topological polar surface area (TPSA) is 39.2 Å². The van der Waals surface area contributed by atoms with E-state index in [2.05, 4.69) is 4.98 Å². The highest BCUT2D eigenvalue weighted by molar-refractivity contribution is 6.35. The molecule has 5 heteroatoms. The number of benzene rings is 4. The smallest absolute Gasteiger partial charge is 0.195 e. The van der Waals surface area contributed by atoms with Gasteiger partial charge in [0.05, 0.1) is 10.5 Å². The summed E-state index contributed by atoms with van der Waals surface area (Å²) in [5, 5.41) is 1.27. The number of nitrogens with zero attached hydrogens (tertiary/aromatic N) is 1. The van der Waals surface area contributed by atoms with Gasteiger partial charge in [-0.2, -0.15) is 0 Å². The van der Waals surface area contributed by atoms with Crippen LogP contribution >= 0.6 is 11.6 Å². The van der Waals surface area contributed by atoms with Crippen molar-refractivity contribution < 1.29 is 13.9 Å². The molecule has 0 N–H and O–H groups in total. The summed E-state index contributed by atoms with van der Waals surface area (Å²) in [6.45, 7) is 0.0921. The quantitative estimate of drug-likeness (QED) is 0.243. The zero-order valence-corrected chi connectivity index (χ0v) is 18.8. The zero-order valence-electron chi connectivity index (χ0n) is 18.0. The molecule has 1 heterocycles. The minimum Gasteiger partial charge on any atom is -0.489 e. The summed E-state index contributed by atoms with van der Waals surface area (Å²) in [6, 6.07) is 28.5. The molecule has 0 aliphatic heterocycles. The lowest BCUT2D eigenvalue weighted by Gasteiger charge is -2.15. The van der Waals surface area contributed by atoms with Crippen molar-refractivity contribution in [1.82, 2.24) is 4.98 Å². The van der Waals surface area contributed by atoms with Gasteiger partial charge in [0.1, 0.15) is 18.2 Å². The zero-order chi connectivity index (χ0) is 23.5. The molecule has 5 aromatic rings. The summed E-state index contributed by atoms with van der Waals surface area (Å²) in [5.41, 5.74) is 3.61. The highest BCUT2D eigenvalue weighted by Gasteiger charge is 2.19.